The van der Waals surface area contributed by atoms with E-state index >= 15 is 0 Å². The normalized spacial score (nSPS) is 12.3. The summed E-state index contributed by atoms with van der Waals surface area (Å²) in [6, 6.07) is 11.6. The van der Waals surface area contributed by atoms with Gasteiger partial charge >= 0.3 is 0 Å². The van der Waals surface area contributed by atoms with Gasteiger partial charge in [0.05, 0.1) is 5.02 Å². The molecule has 4 nitrogen and oxygen atoms in total. The number of halogens is 1. The van der Waals surface area contributed by atoms with Gasteiger partial charge in [0, 0.05) is 19.2 Å². The molecule has 0 aliphatic carbocycles. The SMILES string of the molecule is CCc1ccc(CN(C)C(=O)c2cc(Cl)c3c(c2)OCO3)cc1. The van der Waals surface area contributed by atoms with Crippen LogP contribution in [0.5, 0.6) is 11.5 Å². The maximum atomic E-state index is 12.6. The van der Waals surface area contributed by atoms with E-state index in [1.165, 1.54) is 5.56 Å². The highest BCUT2D eigenvalue weighted by Gasteiger charge is 2.22. The summed E-state index contributed by atoms with van der Waals surface area (Å²) < 4.78 is 10.6. The zero-order valence-electron chi connectivity index (χ0n) is 13.1. The van der Waals surface area contributed by atoms with Crippen LogP contribution in [0.15, 0.2) is 36.4 Å². The molecule has 2 aromatic carbocycles. The number of amides is 1. The van der Waals surface area contributed by atoms with Crippen LogP contribution in [0.3, 0.4) is 0 Å². The average Bonchev–Trinajstić information content (AvgIpc) is 3.04. The van der Waals surface area contributed by atoms with Crippen molar-refractivity contribution in [1.82, 2.24) is 4.90 Å². The Hall–Kier alpha value is -2.20. The molecule has 2 aromatic rings. The molecule has 1 aliphatic rings. The molecule has 0 aromatic heterocycles. The van der Waals surface area contributed by atoms with Gasteiger partial charge in [-0.2, -0.15) is 0 Å². The van der Waals surface area contributed by atoms with Crippen LogP contribution in [0.2, 0.25) is 5.02 Å². The van der Waals surface area contributed by atoms with Gasteiger partial charge in [0.25, 0.3) is 5.91 Å². The van der Waals surface area contributed by atoms with E-state index in [1.807, 2.05) is 0 Å². The number of carbonyl (C=O) groups is 1. The van der Waals surface area contributed by atoms with Gasteiger partial charge in [0.15, 0.2) is 11.5 Å². The van der Waals surface area contributed by atoms with E-state index in [-0.39, 0.29) is 12.7 Å². The maximum Gasteiger partial charge on any atom is 0.254 e. The molecule has 5 heteroatoms. The molecule has 0 radical (unpaired) electrons. The third-order valence-electron chi connectivity index (χ3n) is 3.87. The average molecular weight is 332 g/mol. The molecule has 0 fully saturated rings. The van der Waals surface area contributed by atoms with Gasteiger partial charge < -0.3 is 14.4 Å². The van der Waals surface area contributed by atoms with E-state index < -0.39 is 0 Å². The Bertz CT molecular complexity index is 728. The number of nitrogens with zero attached hydrogens (tertiary/aromatic N) is 1. The summed E-state index contributed by atoms with van der Waals surface area (Å²) in [5, 5.41) is 0.393. The Morgan fingerprint density at radius 1 is 1.17 bits per heavy atom. The molecule has 3 rings (SSSR count). The molecule has 0 saturated heterocycles. The first-order valence-electron chi connectivity index (χ1n) is 7.51. The van der Waals surface area contributed by atoms with Crippen molar-refractivity contribution in [3.05, 3.63) is 58.1 Å². The fraction of sp³-hybridized carbons (Fsp3) is 0.278. The van der Waals surface area contributed by atoms with Crippen molar-refractivity contribution in [1.29, 1.82) is 0 Å². The lowest BCUT2D eigenvalue weighted by Crippen LogP contribution is -2.26. The van der Waals surface area contributed by atoms with Gasteiger partial charge in [-0.3, -0.25) is 4.79 Å². The van der Waals surface area contributed by atoms with E-state index in [0.29, 0.717) is 28.6 Å². The minimum Gasteiger partial charge on any atom is -0.454 e. The number of carbonyl (C=O) groups excluding carboxylic acids is 1. The van der Waals surface area contributed by atoms with Crippen LogP contribution >= 0.6 is 11.6 Å². The van der Waals surface area contributed by atoms with Crippen molar-refractivity contribution in [2.75, 3.05) is 13.8 Å². The van der Waals surface area contributed by atoms with Crippen LogP contribution in [-0.2, 0) is 13.0 Å². The molecule has 23 heavy (non-hydrogen) atoms. The summed E-state index contributed by atoms with van der Waals surface area (Å²) in [4.78, 5) is 14.3. The Morgan fingerprint density at radius 3 is 2.57 bits per heavy atom. The third-order valence-corrected chi connectivity index (χ3v) is 4.15. The second kappa shape index (κ2) is 6.50. The second-order valence-corrected chi connectivity index (χ2v) is 5.93. The van der Waals surface area contributed by atoms with E-state index in [4.69, 9.17) is 21.1 Å². The summed E-state index contributed by atoms with van der Waals surface area (Å²) in [7, 11) is 1.77. The smallest absolute Gasteiger partial charge is 0.254 e. The van der Waals surface area contributed by atoms with Gasteiger partial charge in [-0.1, -0.05) is 42.8 Å². The minimum absolute atomic E-state index is 0.107. The standard InChI is InChI=1S/C18H18ClNO3/c1-3-12-4-6-13(7-5-12)10-20(2)18(21)14-8-15(19)17-16(9-14)22-11-23-17/h4-9H,3,10-11H2,1-2H3. The summed E-state index contributed by atoms with van der Waals surface area (Å²) in [5.41, 5.74) is 2.86. The Morgan fingerprint density at radius 2 is 1.87 bits per heavy atom. The molecule has 0 N–H and O–H groups in total. The Labute approximate surface area is 140 Å². The maximum absolute atomic E-state index is 12.6. The zero-order valence-corrected chi connectivity index (χ0v) is 13.9. The van der Waals surface area contributed by atoms with Crippen LogP contribution in [0.4, 0.5) is 0 Å². The van der Waals surface area contributed by atoms with Crippen molar-refractivity contribution in [2.24, 2.45) is 0 Å². The van der Waals surface area contributed by atoms with Crippen molar-refractivity contribution in [2.45, 2.75) is 19.9 Å². The molecule has 0 unspecified atom stereocenters. The van der Waals surface area contributed by atoms with E-state index in [9.17, 15) is 4.79 Å². The predicted molar refractivity (Wildman–Crippen MR) is 89.2 cm³/mol. The van der Waals surface area contributed by atoms with Gasteiger partial charge in [-0.25, -0.2) is 0 Å². The molecule has 1 amide bonds. The van der Waals surface area contributed by atoms with Crippen LogP contribution in [-0.4, -0.2) is 24.6 Å². The summed E-state index contributed by atoms with van der Waals surface area (Å²) in [6.07, 6.45) is 1.00. The number of fused-ring (bicyclic) bond motifs is 1. The highest BCUT2D eigenvalue weighted by molar-refractivity contribution is 6.32. The molecule has 1 aliphatic heterocycles. The lowest BCUT2D eigenvalue weighted by Gasteiger charge is -2.18. The predicted octanol–water partition coefficient (Wildman–Crippen LogP) is 3.90. The number of aryl methyl sites for hydroxylation is 1. The fourth-order valence-electron chi connectivity index (χ4n) is 2.54. The summed E-state index contributed by atoms with van der Waals surface area (Å²) in [5.74, 6) is 0.910. The Kier molecular flexibility index (Phi) is 4.44. The highest BCUT2D eigenvalue weighted by Crippen LogP contribution is 2.40. The van der Waals surface area contributed by atoms with E-state index in [1.54, 1.807) is 24.1 Å². The van der Waals surface area contributed by atoms with E-state index in [2.05, 4.69) is 31.2 Å². The third kappa shape index (κ3) is 3.27. The summed E-state index contributed by atoms with van der Waals surface area (Å²) >= 11 is 6.14. The van der Waals surface area contributed by atoms with Crippen LogP contribution in [0, 0.1) is 0 Å². The molecule has 0 atom stereocenters. The van der Waals surface area contributed by atoms with Gasteiger partial charge in [0.2, 0.25) is 6.79 Å². The first kappa shape index (κ1) is 15.7. The molecule has 0 saturated carbocycles. The largest absolute Gasteiger partial charge is 0.454 e. The quantitative estimate of drug-likeness (QED) is 0.852. The molecule has 1 heterocycles. The van der Waals surface area contributed by atoms with E-state index in [0.717, 1.165) is 12.0 Å². The first-order valence-corrected chi connectivity index (χ1v) is 7.88. The second-order valence-electron chi connectivity index (χ2n) is 5.52. The molecule has 120 valence electrons. The molecular weight excluding hydrogens is 314 g/mol. The number of benzene rings is 2. The number of hydrogen-bond donors (Lipinski definition) is 0. The molecule has 0 spiro atoms. The highest BCUT2D eigenvalue weighted by atomic mass is 35.5. The van der Waals surface area contributed by atoms with Crippen LogP contribution < -0.4 is 9.47 Å². The van der Waals surface area contributed by atoms with Gasteiger partial charge in [-0.15, -0.1) is 0 Å². The van der Waals surface area contributed by atoms with Crippen LogP contribution in [0.1, 0.15) is 28.4 Å². The number of rotatable bonds is 4. The summed E-state index contributed by atoms with van der Waals surface area (Å²) in [6.45, 7) is 2.79. The first-order chi connectivity index (χ1) is 11.1. The Balaban J connectivity index is 1.75. The number of hydrogen-bond acceptors (Lipinski definition) is 3. The molecule has 0 bridgehead atoms. The van der Waals surface area contributed by atoms with Crippen LogP contribution in [0.25, 0.3) is 0 Å². The molecular formula is C18H18ClNO3. The lowest BCUT2D eigenvalue weighted by molar-refractivity contribution is 0.0784. The van der Waals surface area contributed by atoms with Gasteiger partial charge in [0.1, 0.15) is 0 Å². The zero-order chi connectivity index (χ0) is 16.4. The topological polar surface area (TPSA) is 38.8 Å². The number of ether oxygens (including phenoxy) is 2. The van der Waals surface area contributed by atoms with Crippen molar-refractivity contribution < 1.29 is 14.3 Å². The minimum atomic E-state index is -0.107. The van der Waals surface area contributed by atoms with Gasteiger partial charge in [-0.05, 0) is 29.7 Å². The lowest BCUT2D eigenvalue weighted by atomic mass is 10.1. The van der Waals surface area contributed by atoms with Crippen molar-refractivity contribution >= 4 is 17.5 Å². The van der Waals surface area contributed by atoms with Crippen molar-refractivity contribution in [3.63, 3.8) is 0 Å². The van der Waals surface area contributed by atoms with Crippen molar-refractivity contribution in [3.8, 4) is 11.5 Å². The monoisotopic (exact) mass is 331 g/mol. The fourth-order valence-corrected chi connectivity index (χ4v) is 2.80.